The Morgan fingerprint density at radius 1 is 0.900 bits per heavy atom. The minimum atomic E-state index is 0.242. The van der Waals surface area contributed by atoms with E-state index < -0.39 is 0 Å². The van der Waals surface area contributed by atoms with Gasteiger partial charge in [-0.05, 0) is 32.1 Å². The zero-order valence-electron chi connectivity index (χ0n) is 13.1. The summed E-state index contributed by atoms with van der Waals surface area (Å²) in [6, 6.07) is 0. The van der Waals surface area contributed by atoms with Crippen molar-refractivity contribution < 1.29 is 9.84 Å². The van der Waals surface area contributed by atoms with Crippen molar-refractivity contribution in [3.8, 4) is 0 Å². The van der Waals surface area contributed by atoms with Gasteiger partial charge in [0, 0.05) is 6.61 Å². The molecule has 1 aliphatic rings. The van der Waals surface area contributed by atoms with Crippen LogP contribution in [0.5, 0.6) is 0 Å². The Morgan fingerprint density at radius 3 is 2.45 bits per heavy atom. The van der Waals surface area contributed by atoms with Gasteiger partial charge in [-0.3, -0.25) is 0 Å². The monoisotopic (exact) mass is 280 g/mol. The van der Waals surface area contributed by atoms with Gasteiger partial charge in [0.15, 0.2) is 0 Å². The summed E-state index contributed by atoms with van der Waals surface area (Å²) < 4.78 is 5.43. The van der Waals surface area contributed by atoms with Gasteiger partial charge in [0.25, 0.3) is 0 Å². The summed E-state index contributed by atoms with van der Waals surface area (Å²) in [5.74, 6) is 0. The van der Waals surface area contributed by atoms with Crippen LogP contribution < -0.4 is 0 Å². The maximum atomic E-state index is 8.76. The largest absolute Gasteiger partial charge is 0.396 e. The summed E-state index contributed by atoms with van der Waals surface area (Å²) in [6.07, 6.45) is 22.0. The third-order valence-electron chi connectivity index (χ3n) is 3.80. The van der Waals surface area contributed by atoms with Crippen LogP contribution in [0.4, 0.5) is 0 Å². The van der Waals surface area contributed by atoms with E-state index in [-0.39, 0.29) is 6.61 Å². The van der Waals surface area contributed by atoms with E-state index in [1.165, 1.54) is 44.9 Å². The van der Waals surface area contributed by atoms with Crippen LogP contribution in [0.25, 0.3) is 0 Å². The van der Waals surface area contributed by atoms with Gasteiger partial charge < -0.3 is 9.84 Å². The van der Waals surface area contributed by atoms with Crippen LogP contribution in [0.15, 0.2) is 24.3 Å². The molecular weight excluding hydrogens is 248 g/mol. The van der Waals surface area contributed by atoms with Crippen molar-refractivity contribution in [2.45, 2.75) is 83.3 Å². The lowest BCUT2D eigenvalue weighted by atomic mass is 10.1. The number of ether oxygens (including phenoxy) is 1. The molecule has 0 amide bonds. The van der Waals surface area contributed by atoms with Gasteiger partial charge in [-0.15, -0.1) is 0 Å². The minimum absolute atomic E-state index is 0.242. The van der Waals surface area contributed by atoms with Gasteiger partial charge in [0.2, 0.25) is 0 Å². The Hall–Kier alpha value is -0.600. The number of hydrogen-bond acceptors (Lipinski definition) is 2. The summed E-state index contributed by atoms with van der Waals surface area (Å²) in [5, 5.41) is 8.76. The molecular formula is C18H32O2. The molecule has 0 unspecified atom stereocenters. The number of epoxide rings is 1. The third-order valence-corrected chi connectivity index (χ3v) is 3.80. The molecule has 0 aromatic rings. The molecule has 1 saturated heterocycles. The molecule has 0 bridgehead atoms. The van der Waals surface area contributed by atoms with E-state index in [9.17, 15) is 0 Å². The van der Waals surface area contributed by atoms with Crippen LogP contribution in [0.3, 0.4) is 0 Å². The molecule has 0 radical (unpaired) electrons. The van der Waals surface area contributed by atoms with E-state index in [0.717, 1.165) is 19.3 Å². The van der Waals surface area contributed by atoms with Gasteiger partial charge in [0.1, 0.15) is 0 Å². The maximum absolute atomic E-state index is 8.76. The number of aliphatic hydroxyl groups is 1. The summed E-state index contributed by atoms with van der Waals surface area (Å²) >= 11 is 0. The van der Waals surface area contributed by atoms with Crippen molar-refractivity contribution in [3.05, 3.63) is 24.3 Å². The fourth-order valence-electron chi connectivity index (χ4n) is 2.43. The Balaban J connectivity index is 1.82. The van der Waals surface area contributed by atoms with E-state index in [0.29, 0.717) is 12.2 Å². The average molecular weight is 280 g/mol. The first-order valence-electron chi connectivity index (χ1n) is 8.44. The van der Waals surface area contributed by atoms with Crippen LogP contribution in [0.2, 0.25) is 0 Å². The molecule has 116 valence electrons. The van der Waals surface area contributed by atoms with Gasteiger partial charge in [-0.25, -0.2) is 0 Å². The van der Waals surface area contributed by atoms with Gasteiger partial charge in [-0.2, -0.15) is 0 Å². The molecule has 2 heteroatoms. The molecule has 20 heavy (non-hydrogen) atoms. The van der Waals surface area contributed by atoms with E-state index in [4.69, 9.17) is 9.84 Å². The lowest BCUT2D eigenvalue weighted by molar-refractivity contribution is 0.262. The first-order valence-corrected chi connectivity index (χ1v) is 8.44. The predicted octanol–water partition coefficient (Wildman–Crippen LogP) is 4.78. The molecule has 1 rings (SSSR count). The second-order valence-corrected chi connectivity index (χ2v) is 5.70. The molecule has 0 spiro atoms. The van der Waals surface area contributed by atoms with Crippen molar-refractivity contribution in [3.63, 3.8) is 0 Å². The highest BCUT2D eigenvalue weighted by molar-refractivity contribution is 4.97. The molecule has 1 fully saturated rings. The van der Waals surface area contributed by atoms with Crippen molar-refractivity contribution >= 4 is 0 Å². The number of aliphatic hydroxyl groups excluding tert-OH is 1. The van der Waals surface area contributed by atoms with Crippen LogP contribution in [0.1, 0.15) is 71.1 Å². The van der Waals surface area contributed by atoms with E-state index in [1.807, 2.05) is 0 Å². The summed E-state index contributed by atoms with van der Waals surface area (Å²) in [5.41, 5.74) is 0. The predicted molar refractivity (Wildman–Crippen MR) is 85.9 cm³/mol. The molecule has 0 aromatic carbocycles. The first-order chi connectivity index (χ1) is 9.88. The average Bonchev–Trinajstić information content (AvgIpc) is 3.19. The van der Waals surface area contributed by atoms with Gasteiger partial charge in [0.05, 0.1) is 12.2 Å². The zero-order chi connectivity index (χ0) is 14.5. The quantitative estimate of drug-likeness (QED) is 0.299. The highest BCUT2D eigenvalue weighted by Gasteiger charge is 2.36. The smallest absolute Gasteiger partial charge is 0.0877 e. The van der Waals surface area contributed by atoms with Crippen molar-refractivity contribution in [1.82, 2.24) is 0 Å². The van der Waals surface area contributed by atoms with Crippen LogP contribution in [0, 0.1) is 0 Å². The molecule has 1 aliphatic heterocycles. The van der Waals surface area contributed by atoms with Crippen molar-refractivity contribution in [1.29, 1.82) is 0 Å². The number of hydrogen-bond donors (Lipinski definition) is 1. The first kappa shape index (κ1) is 17.5. The summed E-state index contributed by atoms with van der Waals surface area (Å²) in [4.78, 5) is 0. The van der Waals surface area contributed by atoms with Crippen LogP contribution in [-0.2, 0) is 4.74 Å². The third kappa shape index (κ3) is 9.33. The summed E-state index contributed by atoms with van der Waals surface area (Å²) in [6.45, 7) is 2.50. The van der Waals surface area contributed by atoms with Gasteiger partial charge in [-0.1, -0.05) is 63.3 Å². The number of rotatable bonds is 13. The molecule has 1 N–H and O–H groups in total. The fourth-order valence-corrected chi connectivity index (χ4v) is 2.43. The Bertz CT molecular complexity index is 271. The highest BCUT2D eigenvalue weighted by Crippen LogP contribution is 2.28. The SMILES string of the molecule is CCCCCCCC/C=C\C/C=C\C[C@@H]1O[C@@H]1CCO. The second-order valence-electron chi connectivity index (χ2n) is 5.70. The molecule has 0 saturated carbocycles. The number of unbranched alkanes of at least 4 members (excludes halogenated alkanes) is 6. The standard InChI is InChI=1S/C18H32O2/c1-2-3-4-5-6-7-8-9-10-11-12-13-14-17-18(20-17)15-16-19/h9-10,12-13,17-19H,2-8,11,14-16H2,1H3/b10-9-,13-12-/t17-,18+/m0/s1. The fraction of sp³-hybridized carbons (Fsp3) is 0.778. The molecule has 0 aliphatic carbocycles. The lowest BCUT2D eigenvalue weighted by Crippen LogP contribution is -1.95. The lowest BCUT2D eigenvalue weighted by Gasteiger charge is -1.97. The minimum Gasteiger partial charge on any atom is -0.396 e. The zero-order valence-corrected chi connectivity index (χ0v) is 13.1. The van der Waals surface area contributed by atoms with Gasteiger partial charge >= 0.3 is 0 Å². The topological polar surface area (TPSA) is 32.8 Å². The van der Waals surface area contributed by atoms with E-state index >= 15 is 0 Å². The second kappa shape index (κ2) is 12.2. The normalized spacial score (nSPS) is 22.1. The van der Waals surface area contributed by atoms with Crippen molar-refractivity contribution in [2.75, 3.05) is 6.61 Å². The molecule has 2 nitrogen and oxygen atoms in total. The van der Waals surface area contributed by atoms with Crippen LogP contribution >= 0.6 is 0 Å². The summed E-state index contributed by atoms with van der Waals surface area (Å²) in [7, 11) is 0. The van der Waals surface area contributed by atoms with E-state index in [2.05, 4.69) is 31.2 Å². The Morgan fingerprint density at radius 2 is 1.65 bits per heavy atom. The van der Waals surface area contributed by atoms with Crippen molar-refractivity contribution in [2.24, 2.45) is 0 Å². The van der Waals surface area contributed by atoms with E-state index in [1.54, 1.807) is 0 Å². The maximum Gasteiger partial charge on any atom is 0.0877 e. The molecule has 0 aromatic heterocycles. The Labute approximate surface area is 124 Å². The number of allylic oxidation sites excluding steroid dienone is 3. The Kier molecular flexibility index (Phi) is 10.6. The molecule has 2 atom stereocenters. The van der Waals surface area contributed by atoms with Crippen LogP contribution in [-0.4, -0.2) is 23.9 Å². The highest BCUT2D eigenvalue weighted by atomic mass is 16.6. The molecule has 1 heterocycles.